The first-order valence-electron chi connectivity index (χ1n) is 10.8. The number of thiophene rings is 1. The molecule has 0 aliphatic carbocycles. The number of rotatable bonds is 3. The third-order valence-electron chi connectivity index (χ3n) is 6.14. The number of fused-ring (bicyclic) bond motifs is 4. The highest BCUT2D eigenvalue weighted by Gasteiger charge is 2.19. The molecule has 0 amide bonds. The minimum atomic E-state index is -0.0169. The summed E-state index contributed by atoms with van der Waals surface area (Å²) < 4.78 is 14.3. The van der Waals surface area contributed by atoms with Gasteiger partial charge in [0.15, 0.2) is 11.3 Å². The fraction of sp³-hybridized carbons (Fsp3) is 0.192. The van der Waals surface area contributed by atoms with E-state index in [0.29, 0.717) is 30.1 Å². The van der Waals surface area contributed by atoms with Crippen molar-refractivity contribution < 1.29 is 9.15 Å². The van der Waals surface area contributed by atoms with Crippen LogP contribution in [0.4, 0.5) is 11.6 Å². The molecule has 0 radical (unpaired) electrons. The van der Waals surface area contributed by atoms with Gasteiger partial charge in [-0.2, -0.15) is 0 Å². The van der Waals surface area contributed by atoms with Gasteiger partial charge in [0.25, 0.3) is 0 Å². The zero-order valence-corrected chi connectivity index (χ0v) is 18.5. The van der Waals surface area contributed by atoms with Crippen LogP contribution < -0.4 is 15.6 Å². The van der Waals surface area contributed by atoms with Crippen LogP contribution >= 0.6 is 11.3 Å². The monoisotopic (exact) mass is 442 g/mol. The number of hydrogen-bond acceptors (Lipinski definition) is 6. The maximum atomic E-state index is 13.0. The van der Waals surface area contributed by atoms with Crippen LogP contribution in [0.2, 0.25) is 0 Å². The molecule has 160 valence electrons. The molecule has 1 fully saturated rings. The lowest BCUT2D eigenvalue weighted by atomic mass is 10.0. The molecule has 5 aromatic rings. The molecule has 1 aliphatic heterocycles. The summed E-state index contributed by atoms with van der Waals surface area (Å²) in [6.07, 6.45) is 0. The van der Waals surface area contributed by atoms with Crippen LogP contribution in [0, 0.1) is 0 Å². The van der Waals surface area contributed by atoms with Crippen LogP contribution in [0.3, 0.4) is 0 Å². The molecule has 6 heteroatoms. The Morgan fingerprint density at radius 2 is 1.69 bits per heavy atom. The Hall–Kier alpha value is -3.35. The topological polar surface area (TPSA) is 54.7 Å². The number of morpholine rings is 1. The summed E-state index contributed by atoms with van der Waals surface area (Å²) in [5.41, 5.74) is 3.75. The molecule has 0 bridgehead atoms. The molecule has 2 aromatic heterocycles. The van der Waals surface area contributed by atoms with Crippen molar-refractivity contribution in [2.24, 2.45) is 0 Å². The first-order chi connectivity index (χ1) is 15.7. The van der Waals surface area contributed by atoms with E-state index < -0.39 is 0 Å². The van der Waals surface area contributed by atoms with Gasteiger partial charge in [0, 0.05) is 63.2 Å². The third kappa shape index (κ3) is 3.06. The lowest BCUT2D eigenvalue weighted by Crippen LogP contribution is -2.36. The zero-order valence-electron chi connectivity index (χ0n) is 17.7. The largest absolute Gasteiger partial charge is 0.440 e. The van der Waals surface area contributed by atoms with E-state index in [1.165, 1.54) is 20.2 Å². The van der Waals surface area contributed by atoms with Crippen molar-refractivity contribution >= 4 is 54.0 Å². The van der Waals surface area contributed by atoms with E-state index in [9.17, 15) is 4.79 Å². The first-order valence-corrected chi connectivity index (χ1v) is 11.6. The predicted octanol–water partition coefficient (Wildman–Crippen LogP) is 5.71. The molecule has 0 unspecified atom stereocenters. The maximum absolute atomic E-state index is 13.0. The molecule has 0 atom stereocenters. The third-order valence-corrected chi connectivity index (χ3v) is 7.36. The van der Waals surface area contributed by atoms with E-state index in [0.717, 1.165) is 29.9 Å². The van der Waals surface area contributed by atoms with Gasteiger partial charge in [0.05, 0.1) is 18.6 Å². The number of anilines is 2. The van der Waals surface area contributed by atoms with Crippen LogP contribution in [-0.2, 0) is 4.74 Å². The molecule has 32 heavy (non-hydrogen) atoms. The second-order valence-corrected chi connectivity index (χ2v) is 9.03. The Morgan fingerprint density at radius 1 is 0.906 bits per heavy atom. The molecule has 6 rings (SSSR count). The molecule has 1 saturated heterocycles. The Morgan fingerprint density at radius 3 is 2.50 bits per heavy atom. The van der Waals surface area contributed by atoms with Gasteiger partial charge < -0.3 is 19.4 Å². The van der Waals surface area contributed by atoms with Gasteiger partial charge in [0.1, 0.15) is 5.58 Å². The highest BCUT2D eigenvalue weighted by Crippen LogP contribution is 2.42. The predicted molar refractivity (Wildman–Crippen MR) is 133 cm³/mol. The number of para-hydroxylation sites is 1. The van der Waals surface area contributed by atoms with Crippen molar-refractivity contribution in [2.75, 3.05) is 43.6 Å². The van der Waals surface area contributed by atoms with E-state index in [4.69, 9.17) is 9.15 Å². The molecule has 0 saturated carbocycles. The molecule has 5 nitrogen and oxygen atoms in total. The van der Waals surface area contributed by atoms with Gasteiger partial charge in [0.2, 0.25) is 0 Å². The summed E-state index contributed by atoms with van der Waals surface area (Å²) in [7, 11) is 1.94. The summed E-state index contributed by atoms with van der Waals surface area (Å²) in [6.45, 7) is 2.71. The highest BCUT2D eigenvalue weighted by molar-refractivity contribution is 7.26. The van der Waals surface area contributed by atoms with Crippen LogP contribution in [-0.4, -0.2) is 33.4 Å². The first kappa shape index (κ1) is 19.3. The molecular formula is C26H22N2O3S. The summed E-state index contributed by atoms with van der Waals surface area (Å²) >= 11 is 1.77. The Bertz CT molecular complexity index is 1530. The maximum Gasteiger partial charge on any atom is 0.200 e. The van der Waals surface area contributed by atoms with Gasteiger partial charge in [-0.25, -0.2) is 0 Å². The molecule has 1 N–H and O–H groups in total. The number of ether oxygens (including phenoxy) is 1. The quantitative estimate of drug-likeness (QED) is 0.388. The van der Waals surface area contributed by atoms with Crippen molar-refractivity contribution in [3.8, 4) is 11.1 Å². The summed E-state index contributed by atoms with van der Waals surface area (Å²) in [6, 6.07) is 20.3. The van der Waals surface area contributed by atoms with E-state index in [2.05, 4.69) is 46.6 Å². The fourth-order valence-corrected chi connectivity index (χ4v) is 5.69. The van der Waals surface area contributed by atoms with Crippen molar-refractivity contribution in [1.82, 2.24) is 0 Å². The molecular weight excluding hydrogens is 420 g/mol. The summed E-state index contributed by atoms with van der Waals surface area (Å²) in [5.74, 6) is 0.612. The van der Waals surface area contributed by atoms with Crippen LogP contribution in [0.5, 0.6) is 0 Å². The summed E-state index contributed by atoms with van der Waals surface area (Å²) in [5, 5.41) is 6.28. The Balaban J connectivity index is 1.61. The van der Waals surface area contributed by atoms with Crippen LogP contribution in [0.1, 0.15) is 0 Å². The average molecular weight is 443 g/mol. The highest BCUT2D eigenvalue weighted by atomic mass is 32.1. The van der Waals surface area contributed by atoms with Crippen LogP contribution in [0.25, 0.3) is 42.3 Å². The van der Waals surface area contributed by atoms with Gasteiger partial charge in [-0.15, -0.1) is 11.3 Å². The minimum Gasteiger partial charge on any atom is -0.440 e. The van der Waals surface area contributed by atoms with Crippen molar-refractivity contribution in [2.45, 2.75) is 0 Å². The smallest absolute Gasteiger partial charge is 0.200 e. The second kappa shape index (κ2) is 7.65. The molecule has 1 aliphatic rings. The normalized spacial score (nSPS) is 14.5. The molecule has 0 spiro atoms. The van der Waals surface area contributed by atoms with Gasteiger partial charge in [-0.3, -0.25) is 4.79 Å². The van der Waals surface area contributed by atoms with E-state index >= 15 is 0 Å². The number of nitrogens with zero attached hydrogens (tertiary/aromatic N) is 1. The van der Waals surface area contributed by atoms with Crippen LogP contribution in [0.15, 0.2) is 69.9 Å². The number of hydrogen-bond donors (Lipinski definition) is 1. The van der Waals surface area contributed by atoms with Gasteiger partial charge >= 0.3 is 0 Å². The zero-order chi connectivity index (χ0) is 21.7. The minimum absolute atomic E-state index is 0.0169. The van der Waals surface area contributed by atoms with Gasteiger partial charge in [-0.1, -0.05) is 30.3 Å². The van der Waals surface area contributed by atoms with Crippen molar-refractivity contribution in [3.05, 3.63) is 70.9 Å². The SMILES string of the molecule is CNc1ccc2sc3c(-c4cccc5c(=O)cc(N6CCOCC6)oc45)cccc3c2c1. The lowest BCUT2D eigenvalue weighted by molar-refractivity contribution is 0.121. The molecule has 3 aromatic carbocycles. The average Bonchev–Trinajstić information content (AvgIpc) is 3.22. The lowest BCUT2D eigenvalue weighted by Gasteiger charge is -2.27. The second-order valence-electron chi connectivity index (χ2n) is 7.98. The Labute approximate surface area is 188 Å². The number of benzene rings is 3. The van der Waals surface area contributed by atoms with Gasteiger partial charge in [-0.05, 0) is 24.3 Å². The van der Waals surface area contributed by atoms with Crippen molar-refractivity contribution in [1.29, 1.82) is 0 Å². The standard InChI is InChI=1S/C26H22N2O3S/c1-27-16-8-9-23-21(14-16)19-6-3-5-18(26(19)32-23)17-4-2-7-20-22(29)15-24(31-25(17)20)28-10-12-30-13-11-28/h2-9,14-15,27H,10-13H2,1H3. The van der Waals surface area contributed by atoms with E-state index in [1.807, 2.05) is 25.2 Å². The number of nitrogens with one attached hydrogen (secondary N) is 1. The van der Waals surface area contributed by atoms with E-state index in [1.54, 1.807) is 17.4 Å². The fourth-order valence-electron chi connectivity index (χ4n) is 4.48. The van der Waals surface area contributed by atoms with Crippen molar-refractivity contribution in [3.63, 3.8) is 0 Å². The Kier molecular flexibility index (Phi) is 4.63. The summed E-state index contributed by atoms with van der Waals surface area (Å²) in [4.78, 5) is 15.1. The molecule has 3 heterocycles. The van der Waals surface area contributed by atoms with E-state index in [-0.39, 0.29) is 5.43 Å².